The van der Waals surface area contributed by atoms with Crippen LogP contribution in [0.5, 0.6) is 5.75 Å². The number of hydrogen-bond donors (Lipinski definition) is 4. The first kappa shape index (κ1) is 14.7. The van der Waals surface area contributed by atoms with E-state index in [2.05, 4.69) is 10.5 Å². The van der Waals surface area contributed by atoms with Crippen molar-refractivity contribution in [1.29, 1.82) is 0 Å². The molecule has 1 amide bonds. The Kier molecular flexibility index (Phi) is 5.11. The highest BCUT2D eigenvalue weighted by Crippen LogP contribution is 2.19. The molecule has 0 spiro atoms. The van der Waals surface area contributed by atoms with Crippen molar-refractivity contribution in [3.8, 4) is 5.75 Å². The molecule has 1 unspecified atom stereocenters. The van der Waals surface area contributed by atoms with Gasteiger partial charge in [0.15, 0.2) is 5.84 Å². The van der Waals surface area contributed by atoms with Gasteiger partial charge in [-0.15, -0.1) is 0 Å². The molecule has 0 aliphatic carbocycles. The molecule has 104 valence electrons. The van der Waals surface area contributed by atoms with Crippen molar-refractivity contribution in [2.75, 3.05) is 0 Å². The summed E-state index contributed by atoms with van der Waals surface area (Å²) in [5.41, 5.74) is 4.97. The number of phenols is 1. The number of carbonyl (C=O) groups is 1. The second-order valence-electron chi connectivity index (χ2n) is 3.97. The maximum absolute atomic E-state index is 13.5. The SMILES string of the molecule is CCCC(NC(=O)c1c(O)cccc1F)/C(N)=N/O. The third kappa shape index (κ3) is 3.57. The molecule has 1 rings (SSSR count). The van der Waals surface area contributed by atoms with E-state index in [0.29, 0.717) is 12.8 Å². The number of phenolic OH excluding ortho intramolecular Hbond substituents is 1. The van der Waals surface area contributed by atoms with Crippen LogP contribution < -0.4 is 11.1 Å². The predicted molar refractivity (Wildman–Crippen MR) is 67.6 cm³/mol. The Morgan fingerprint density at radius 1 is 1.58 bits per heavy atom. The molecule has 7 heteroatoms. The highest BCUT2D eigenvalue weighted by Gasteiger charge is 2.21. The van der Waals surface area contributed by atoms with E-state index in [-0.39, 0.29) is 5.84 Å². The number of benzene rings is 1. The zero-order chi connectivity index (χ0) is 14.4. The quantitative estimate of drug-likeness (QED) is 0.278. The van der Waals surface area contributed by atoms with Crippen LogP contribution >= 0.6 is 0 Å². The van der Waals surface area contributed by atoms with Crippen LogP contribution in [-0.2, 0) is 0 Å². The van der Waals surface area contributed by atoms with E-state index in [1.165, 1.54) is 12.1 Å². The van der Waals surface area contributed by atoms with Crippen molar-refractivity contribution >= 4 is 11.7 Å². The monoisotopic (exact) mass is 269 g/mol. The van der Waals surface area contributed by atoms with E-state index in [1.54, 1.807) is 0 Å². The Morgan fingerprint density at radius 3 is 2.79 bits per heavy atom. The van der Waals surface area contributed by atoms with Crippen LogP contribution in [0.1, 0.15) is 30.1 Å². The lowest BCUT2D eigenvalue weighted by molar-refractivity contribution is 0.0938. The zero-order valence-electron chi connectivity index (χ0n) is 10.4. The van der Waals surface area contributed by atoms with Gasteiger partial charge in [0.05, 0.1) is 6.04 Å². The van der Waals surface area contributed by atoms with Crippen LogP contribution in [-0.4, -0.2) is 28.1 Å². The van der Waals surface area contributed by atoms with Crippen molar-refractivity contribution in [3.63, 3.8) is 0 Å². The van der Waals surface area contributed by atoms with Crippen LogP contribution in [0.15, 0.2) is 23.4 Å². The van der Waals surface area contributed by atoms with Gasteiger partial charge >= 0.3 is 0 Å². The maximum Gasteiger partial charge on any atom is 0.258 e. The number of amides is 1. The van der Waals surface area contributed by atoms with Gasteiger partial charge in [-0.25, -0.2) is 4.39 Å². The number of hydrogen-bond acceptors (Lipinski definition) is 4. The molecule has 1 aromatic carbocycles. The summed E-state index contributed by atoms with van der Waals surface area (Å²) >= 11 is 0. The molecule has 0 aliphatic rings. The molecule has 19 heavy (non-hydrogen) atoms. The van der Waals surface area contributed by atoms with Crippen molar-refractivity contribution < 1.29 is 19.5 Å². The van der Waals surface area contributed by atoms with E-state index in [1.807, 2.05) is 6.92 Å². The molecule has 1 aromatic rings. The molecule has 6 nitrogen and oxygen atoms in total. The van der Waals surface area contributed by atoms with E-state index >= 15 is 0 Å². The van der Waals surface area contributed by atoms with Gasteiger partial charge in [-0.1, -0.05) is 24.6 Å². The van der Waals surface area contributed by atoms with Crippen molar-refractivity contribution in [2.24, 2.45) is 10.9 Å². The van der Waals surface area contributed by atoms with Crippen molar-refractivity contribution in [3.05, 3.63) is 29.6 Å². The Hall–Kier alpha value is -2.31. The number of nitrogens with two attached hydrogens (primary N) is 1. The number of amidine groups is 1. The highest BCUT2D eigenvalue weighted by molar-refractivity contribution is 6.00. The van der Waals surface area contributed by atoms with Crippen molar-refractivity contribution in [2.45, 2.75) is 25.8 Å². The lowest BCUT2D eigenvalue weighted by Crippen LogP contribution is -2.44. The molecule has 0 fully saturated rings. The first-order valence-electron chi connectivity index (χ1n) is 5.77. The summed E-state index contributed by atoms with van der Waals surface area (Å²) in [6, 6.07) is 2.83. The number of nitrogens with one attached hydrogen (secondary N) is 1. The highest BCUT2D eigenvalue weighted by atomic mass is 19.1. The molecule has 0 heterocycles. The summed E-state index contributed by atoms with van der Waals surface area (Å²) in [5.74, 6) is -2.30. The first-order valence-corrected chi connectivity index (χ1v) is 5.77. The maximum atomic E-state index is 13.5. The van der Waals surface area contributed by atoms with E-state index in [9.17, 15) is 14.3 Å². The smallest absolute Gasteiger partial charge is 0.258 e. The van der Waals surface area contributed by atoms with Crippen LogP contribution in [0.4, 0.5) is 4.39 Å². The third-order valence-electron chi connectivity index (χ3n) is 2.57. The van der Waals surface area contributed by atoms with Crippen LogP contribution in [0.3, 0.4) is 0 Å². The number of rotatable bonds is 5. The average Bonchev–Trinajstić information content (AvgIpc) is 2.37. The summed E-state index contributed by atoms with van der Waals surface area (Å²) < 4.78 is 13.5. The van der Waals surface area contributed by atoms with E-state index < -0.39 is 29.1 Å². The van der Waals surface area contributed by atoms with E-state index in [0.717, 1.165) is 6.07 Å². The largest absolute Gasteiger partial charge is 0.507 e. The topological polar surface area (TPSA) is 108 Å². The molecular formula is C12H16FN3O3. The Balaban J connectivity index is 2.94. The first-order chi connectivity index (χ1) is 9.01. The molecule has 5 N–H and O–H groups in total. The minimum atomic E-state index is -0.841. The van der Waals surface area contributed by atoms with Gasteiger partial charge in [0.1, 0.15) is 17.1 Å². The second-order valence-corrected chi connectivity index (χ2v) is 3.97. The van der Waals surface area contributed by atoms with Crippen LogP contribution in [0.2, 0.25) is 0 Å². The minimum Gasteiger partial charge on any atom is -0.507 e. The predicted octanol–water partition coefficient (Wildman–Crippen LogP) is 1.18. The summed E-state index contributed by atoms with van der Waals surface area (Å²) in [6.07, 6.45) is 1.10. The molecular weight excluding hydrogens is 253 g/mol. The Bertz CT molecular complexity index is 471. The molecule has 0 radical (unpaired) electrons. The Morgan fingerprint density at radius 2 is 2.26 bits per heavy atom. The summed E-state index contributed by atoms with van der Waals surface area (Å²) in [4.78, 5) is 11.9. The molecule has 0 aromatic heterocycles. The lowest BCUT2D eigenvalue weighted by Gasteiger charge is -2.17. The normalized spacial score (nSPS) is 13.1. The summed E-state index contributed by atoms with van der Waals surface area (Å²) in [6.45, 7) is 1.85. The standard InChI is InChI=1S/C12H16FN3O3/c1-2-4-8(11(14)16-19)15-12(18)10-7(13)5-3-6-9(10)17/h3,5-6,8,17,19H,2,4H2,1H3,(H2,14,16)(H,15,18). The fraction of sp³-hybridized carbons (Fsp3) is 0.333. The van der Waals surface area contributed by atoms with Crippen LogP contribution in [0, 0.1) is 5.82 Å². The molecule has 0 saturated heterocycles. The number of carbonyl (C=O) groups excluding carboxylic acids is 1. The van der Waals surface area contributed by atoms with Crippen molar-refractivity contribution in [1.82, 2.24) is 5.32 Å². The average molecular weight is 269 g/mol. The third-order valence-corrected chi connectivity index (χ3v) is 2.57. The van der Waals surface area contributed by atoms with Gasteiger partial charge < -0.3 is 21.4 Å². The molecule has 0 saturated carbocycles. The fourth-order valence-corrected chi connectivity index (χ4v) is 1.62. The number of nitrogens with zero attached hydrogens (tertiary/aromatic N) is 1. The molecule has 1 atom stereocenters. The fourth-order valence-electron chi connectivity index (χ4n) is 1.62. The molecule has 0 bridgehead atoms. The minimum absolute atomic E-state index is 0.175. The van der Waals surface area contributed by atoms with Gasteiger partial charge in [-0.2, -0.15) is 0 Å². The van der Waals surface area contributed by atoms with Gasteiger partial charge in [0.2, 0.25) is 0 Å². The summed E-state index contributed by atoms with van der Waals surface area (Å²) in [5, 5.41) is 23.3. The number of oxime groups is 1. The van der Waals surface area contributed by atoms with E-state index in [4.69, 9.17) is 10.9 Å². The molecule has 0 aliphatic heterocycles. The second kappa shape index (κ2) is 6.58. The van der Waals surface area contributed by atoms with Gasteiger partial charge in [0, 0.05) is 0 Å². The summed E-state index contributed by atoms with van der Waals surface area (Å²) in [7, 11) is 0. The van der Waals surface area contributed by atoms with Gasteiger partial charge in [-0.3, -0.25) is 4.79 Å². The lowest BCUT2D eigenvalue weighted by atomic mass is 10.1. The van der Waals surface area contributed by atoms with Gasteiger partial charge in [-0.05, 0) is 18.6 Å². The Labute approximate surface area is 109 Å². The number of aromatic hydroxyl groups is 1. The number of halogens is 1. The van der Waals surface area contributed by atoms with Crippen LogP contribution in [0.25, 0.3) is 0 Å². The van der Waals surface area contributed by atoms with Gasteiger partial charge in [0.25, 0.3) is 5.91 Å². The zero-order valence-corrected chi connectivity index (χ0v) is 10.4.